The fourth-order valence-electron chi connectivity index (χ4n) is 1.72. The van der Waals surface area contributed by atoms with Gasteiger partial charge in [-0.1, -0.05) is 44.2 Å². The molecule has 0 radical (unpaired) electrons. The van der Waals surface area contributed by atoms with Gasteiger partial charge < -0.3 is 16.2 Å². The fraction of sp³-hybridized carbons (Fsp3) is 0.500. The van der Waals surface area contributed by atoms with Crippen molar-refractivity contribution < 1.29 is 23.1 Å². The van der Waals surface area contributed by atoms with Crippen LogP contribution in [0, 0.1) is 5.92 Å². The minimum atomic E-state index is -4.93. The summed E-state index contributed by atoms with van der Waals surface area (Å²) in [4.78, 5) is 11.7. The lowest BCUT2D eigenvalue weighted by Crippen LogP contribution is -2.54. The standard InChI is InChI=1S/C14H19F3N2O2/c1-9(2)11(18)12(20)19-8-13(21,14(15,16)17)10-6-4-3-5-7-10/h3-7,9,11,21H,8,18H2,1-2H3,(H,19,20)/t11-,13?/m0/s1. The summed E-state index contributed by atoms with van der Waals surface area (Å²) in [6, 6.07) is 5.68. The first kappa shape index (κ1) is 17.5. The van der Waals surface area contributed by atoms with Crippen molar-refractivity contribution in [3.63, 3.8) is 0 Å². The maximum absolute atomic E-state index is 13.2. The molecule has 4 N–H and O–H groups in total. The molecule has 0 aromatic heterocycles. The molecule has 1 amide bonds. The average Bonchev–Trinajstić information content (AvgIpc) is 2.43. The van der Waals surface area contributed by atoms with Crippen LogP contribution in [0.1, 0.15) is 19.4 Å². The minimum absolute atomic E-state index is 0.222. The Bertz CT molecular complexity index is 477. The number of alkyl halides is 3. The molecule has 0 aliphatic heterocycles. The molecular formula is C14H19F3N2O2. The lowest BCUT2D eigenvalue weighted by molar-refractivity contribution is -0.264. The number of aliphatic hydroxyl groups is 1. The van der Waals surface area contributed by atoms with Gasteiger partial charge in [-0.25, -0.2) is 0 Å². The number of nitrogens with two attached hydrogens (primary N) is 1. The molecule has 4 nitrogen and oxygen atoms in total. The van der Waals surface area contributed by atoms with Crippen LogP contribution < -0.4 is 11.1 Å². The number of rotatable bonds is 5. The molecule has 0 aliphatic carbocycles. The third-order valence-electron chi connectivity index (χ3n) is 3.26. The Kier molecular flexibility index (Phi) is 5.36. The highest BCUT2D eigenvalue weighted by Gasteiger charge is 2.55. The Labute approximate surface area is 121 Å². The van der Waals surface area contributed by atoms with Crippen LogP contribution in [0.25, 0.3) is 0 Å². The number of benzene rings is 1. The van der Waals surface area contributed by atoms with E-state index < -0.39 is 30.3 Å². The number of hydrogen-bond acceptors (Lipinski definition) is 3. The molecule has 2 atom stereocenters. The van der Waals surface area contributed by atoms with Crippen LogP contribution in [-0.2, 0) is 10.4 Å². The molecule has 0 saturated carbocycles. The van der Waals surface area contributed by atoms with Crippen molar-refractivity contribution in [2.45, 2.75) is 31.7 Å². The summed E-state index contributed by atoms with van der Waals surface area (Å²) >= 11 is 0. The summed E-state index contributed by atoms with van der Waals surface area (Å²) in [7, 11) is 0. The predicted octanol–water partition coefficient (Wildman–Crippen LogP) is 1.54. The van der Waals surface area contributed by atoms with Gasteiger partial charge in [0.15, 0.2) is 0 Å². The van der Waals surface area contributed by atoms with Crippen LogP contribution in [0.3, 0.4) is 0 Å². The summed E-state index contributed by atoms with van der Waals surface area (Å²) in [5, 5.41) is 12.1. The van der Waals surface area contributed by atoms with Crippen molar-refractivity contribution in [3.8, 4) is 0 Å². The molecule has 0 spiro atoms. The van der Waals surface area contributed by atoms with E-state index in [9.17, 15) is 23.1 Å². The van der Waals surface area contributed by atoms with Crippen molar-refractivity contribution in [3.05, 3.63) is 35.9 Å². The second-order valence-electron chi connectivity index (χ2n) is 5.21. The fourth-order valence-corrected chi connectivity index (χ4v) is 1.72. The van der Waals surface area contributed by atoms with Gasteiger partial charge in [-0.15, -0.1) is 0 Å². The number of nitrogens with one attached hydrogen (secondary N) is 1. The quantitative estimate of drug-likeness (QED) is 0.772. The van der Waals surface area contributed by atoms with Crippen LogP contribution >= 0.6 is 0 Å². The first-order valence-electron chi connectivity index (χ1n) is 6.47. The molecule has 0 bridgehead atoms. The molecule has 21 heavy (non-hydrogen) atoms. The highest BCUT2D eigenvalue weighted by Crippen LogP contribution is 2.38. The van der Waals surface area contributed by atoms with Crippen molar-refractivity contribution in [1.29, 1.82) is 0 Å². The van der Waals surface area contributed by atoms with Crippen molar-refractivity contribution in [2.24, 2.45) is 11.7 Å². The van der Waals surface area contributed by atoms with Gasteiger partial charge in [-0.05, 0) is 11.5 Å². The van der Waals surface area contributed by atoms with Crippen molar-refractivity contribution >= 4 is 5.91 Å². The van der Waals surface area contributed by atoms with E-state index in [4.69, 9.17) is 5.73 Å². The van der Waals surface area contributed by atoms with Crippen molar-refractivity contribution in [1.82, 2.24) is 5.32 Å². The van der Waals surface area contributed by atoms with Gasteiger partial charge in [-0.2, -0.15) is 13.2 Å². The van der Waals surface area contributed by atoms with Crippen LogP contribution in [0.5, 0.6) is 0 Å². The SMILES string of the molecule is CC(C)[C@H](N)C(=O)NCC(O)(c1ccccc1)C(F)(F)F. The maximum Gasteiger partial charge on any atom is 0.423 e. The highest BCUT2D eigenvalue weighted by molar-refractivity contribution is 5.81. The zero-order valence-electron chi connectivity index (χ0n) is 11.8. The zero-order chi connectivity index (χ0) is 16.3. The van der Waals surface area contributed by atoms with E-state index in [0.717, 1.165) is 12.1 Å². The average molecular weight is 304 g/mol. The first-order valence-corrected chi connectivity index (χ1v) is 6.47. The molecular weight excluding hydrogens is 285 g/mol. The molecule has 118 valence electrons. The monoisotopic (exact) mass is 304 g/mol. The van der Waals surface area contributed by atoms with E-state index in [1.807, 2.05) is 0 Å². The van der Waals surface area contributed by atoms with E-state index in [1.165, 1.54) is 18.2 Å². The van der Waals surface area contributed by atoms with E-state index in [0.29, 0.717) is 0 Å². The van der Waals surface area contributed by atoms with Gasteiger partial charge in [0.1, 0.15) is 0 Å². The largest absolute Gasteiger partial charge is 0.423 e. The molecule has 7 heteroatoms. The molecule has 0 saturated heterocycles. The minimum Gasteiger partial charge on any atom is -0.375 e. The molecule has 1 unspecified atom stereocenters. The molecule has 1 aromatic carbocycles. The lowest BCUT2D eigenvalue weighted by atomic mass is 9.92. The van der Waals surface area contributed by atoms with E-state index in [2.05, 4.69) is 5.32 Å². The van der Waals surface area contributed by atoms with Gasteiger partial charge in [0.25, 0.3) is 0 Å². The lowest BCUT2D eigenvalue weighted by Gasteiger charge is -2.31. The van der Waals surface area contributed by atoms with Gasteiger partial charge in [0, 0.05) is 0 Å². The second kappa shape index (κ2) is 6.44. The third kappa shape index (κ3) is 3.95. The van der Waals surface area contributed by atoms with Gasteiger partial charge in [0.2, 0.25) is 11.5 Å². The summed E-state index contributed by atoms with van der Waals surface area (Å²) < 4.78 is 39.5. The highest BCUT2D eigenvalue weighted by atomic mass is 19.4. The van der Waals surface area contributed by atoms with E-state index in [1.54, 1.807) is 13.8 Å². The van der Waals surface area contributed by atoms with Crippen LogP contribution in [0.15, 0.2) is 30.3 Å². The van der Waals surface area contributed by atoms with Crippen LogP contribution in [-0.4, -0.2) is 29.8 Å². The normalized spacial score (nSPS) is 16.4. The summed E-state index contributed by atoms with van der Waals surface area (Å²) in [6.07, 6.45) is -4.93. The molecule has 0 fully saturated rings. The summed E-state index contributed by atoms with van der Waals surface area (Å²) in [5.41, 5.74) is 2.07. The number of carbonyl (C=O) groups excluding carboxylic acids is 1. The first-order chi connectivity index (χ1) is 9.59. The predicted molar refractivity (Wildman–Crippen MR) is 72.2 cm³/mol. The van der Waals surface area contributed by atoms with E-state index in [-0.39, 0.29) is 11.5 Å². The smallest absolute Gasteiger partial charge is 0.375 e. The number of amides is 1. The Hall–Kier alpha value is -1.60. The number of carbonyl (C=O) groups is 1. The molecule has 0 aliphatic rings. The topological polar surface area (TPSA) is 75.4 Å². The second-order valence-corrected chi connectivity index (χ2v) is 5.21. The number of hydrogen-bond donors (Lipinski definition) is 3. The maximum atomic E-state index is 13.2. The van der Waals surface area contributed by atoms with E-state index >= 15 is 0 Å². The zero-order valence-corrected chi connectivity index (χ0v) is 11.8. The molecule has 1 aromatic rings. The number of halogens is 3. The third-order valence-corrected chi connectivity index (χ3v) is 3.26. The van der Waals surface area contributed by atoms with Gasteiger partial charge in [0.05, 0.1) is 12.6 Å². The Morgan fingerprint density at radius 2 is 1.81 bits per heavy atom. The molecule has 0 heterocycles. The Balaban J connectivity index is 2.94. The molecule has 1 rings (SSSR count). The Morgan fingerprint density at radius 3 is 2.24 bits per heavy atom. The summed E-state index contributed by atoms with van der Waals surface area (Å²) in [5.74, 6) is -0.954. The Morgan fingerprint density at radius 1 is 1.29 bits per heavy atom. The van der Waals surface area contributed by atoms with Gasteiger partial charge >= 0.3 is 6.18 Å². The van der Waals surface area contributed by atoms with Crippen LogP contribution in [0.4, 0.5) is 13.2 Å². The van der Waals surface area contributed by atoms with Crippen LogP contribution in [0.2, 0.25) is 0 Å². The van der Waals surface area contributed by atoms with Gasteiger partial charge in [-0.3, -0.25) is 4.79 Å². The van der Waals surface area contributed by atoms with Crippen molar-refractivity contribution in [2.75, 3.05) is 6.54 Å². The summed E-state index contributed by atoms with van der Waals surface area (Å²) in [6.45, 7) is 2.37.